The van der Waals surface area contributed by atoms with E-state index in [9.17, 15) is 24.5 Å². The van der Waals surface area contributed by atoms with Crippen LogP contribution in [0.5, 0.6) is 0 Å². The highest BCUT2D eigenvalue weighted by Gasteiger charge is 2.36. The van der Waals surface area contributed by atoms with Crippen molar-refractivity contribution in [2.45, 2.75) is 13.0 Å². The minimum absolute atomic E-state index is 0.0634. The molecule has 0 saturated heterocycles. The van der Waals surface area contributed by atoms with Gasteiger partial charge in [0.2, 0.25) is 0 Å². The highest BCUT2D eigenvalue weighted by Crippen LogP contribution is 2.32. The number of carbonyl (C=O) groups excluding carboxylic acids is 3. The normalized spacial score (nSPS) is 11.3. The Morgan fingerprint density at radius 3 is 2.10 bits per heavy atom. The zero-order valence-electron chi connectivity index (χ0n) is 15.6. The molecule has 0 N–H and O–H groups in total. The summed E-state index contributed by atoms with van der Waals surface area (Å²) in [5.41, 5.74) is 0.160. The molecule has 2 amide bonds. The maximum atomic E-state index is 13.1. The monoisotopic (exact) mass is 416 g/mol. The third kappa shape index (κ3) is 4.85. The van der Waals surface area contributed by atoms with Crippen LogP contribution in [-0.2, 0) is 9.53 Å². The SMILES string of the molecule is C=C(C(C)=O)C(c1ccc([N+](=O)[O-])cc1)N(C(=O)OC)C(=O)c1ccc(Cl)cc1. The Bertz CT molecular complexity index is 969. The van der Waals surface area contributed by atoms with E-state index in [2.05, 4.69) is 6.58 Å². The minimum atomic E-state index is -1.22. The van der Waals surface area contributed by atoms with Gasteiger partial charge in [0.25, 0.3) is 11.6 Å². The number of amides is 2. The summed E-state index contributed by atoms with van der Waals surface area (Å²) in [6.45, 7) is 4.95. The molecule has 0 saturated carbocycles. The summed E-state index contributed by atoms with van der Waals surface area (Å²) in [7, 11) is 1.09. The van der Waals surface area contributed by atoms with E-state index in [4.69, 9.17) is 16.3 Å². The maximum Gasteiger partial charge on any atom is 0.417 e. The number of nitrogens with zero attached hydrogens (tertiary/aromatic N) is 2. The van der Waals surface area contributed by atoms with Crippen molar-refractivity contribution < 1.29 is 24.0 Å². The van der Waals surface area contributed by atoms with Crippen molar-refractivity contribution in [1.29, 1.82) is 0 Å². The number of rotatable bonds is 6. The van der Waals surface area contributed by atoms with Crippen molar-refractivity contribution in [1.82, 2.24) is 4.90 Å². The van der Waals surface area contributed by atoms with Gasteiger partial charge in [0.15, 0.2) is 5.78 Å². The van der Waals surface area contributed by atoms with E-state index >= 15 is 0 Å². The average molecular weight is 417 g/mol. The summed E-state index contributed by atoms with van der Waals surface area (Å²) >= 11 is 5.85. The first-order valence-electron chi connectivity index (χ1n) is 8.28. The van der Waals surface area contributed by atoms with Gasteiger partial charge < -0.3 is 4.74 Å². The molecule has 0 bridgehead atoms. The van der Waals surface area contributed by atoms with E-state index in [1.54, 1.807) is 0 Å². The van der Waals surface area contributed by atoms with E-state index in [0.717, 1.165) is 12.0 Å². The van der Waals surface area contributed by atoms with Gasteiger partial charge in [0, 0.05) is 28.3 Å². The molecule has 9 heteroatoms. The first-order chi connectivity index (χ1) is 13.7. The molecule has 0 heterocycles. The Morgan fingerprint density at radius 2 is 1.66 bits per heavy atom. The Labute approximate surface area is 171 Å². The predicted octanol–water partition coefficient (Wildman–Crippen LogP) is 4.34. The van der Waals surface area contributed by atoms with Gasteiger partial charge in [-0.2, -0.15) is 0 Å². The first-order valence-corrected chi connectivity index (χ1v) is 8.66. The van der Waals surface area contributed by atoms with Gasteiger partial charge in [-0.15, -0.1) is 0 Å². The molecular weight excluding hydrogens is 400 g/mol. The van der Waals surface area contributed by atoms with Crippen molar-refractivity contribution in [3.8, 4) is 0 Å². The number of hydrogen-bond donors (Lipinski definition) is 0. The predicted molar refractivity (Wildman–Crippen MR) is 106 cm³/mol. The number of non-ortho nitro benzene ring substituents is 1. The van der Waals surface area contributed by atoms with Crippen LogP contribution in [0.2, 0.25) is 5.02 Å². The summed E-state index contributed by atoms with van der Waals surface area (Å²) in [6, 6.07) is 9.69. The van der Waals surface area contributed by atoms with Gasteiger partial charge in [-0.3, -0.25) is 19.7 Å². The number of halogens is 1. The fourth-order valence-corrected chi connectivity index (χ4v) is 2.74. The lowest BCUT2D eigenvalue weighted by atomic mass is 9.95. The molecule has 0 spiro atoms. The van der Waals surface area contributed by atoms with Crippen molar-refractivity contribution in [2.75, 3.05) is 7.11 Å². The molecule has 1 atom stereocenters. The van der Waals surface area contributed by atoms with Crippen LogP contribution in [0.1, 0.15) is 28.9 Å². The van der Waals surface area contributed by atoms with Gasteiger partial charge in [-0.25, -0.2) is 9.69 Å². The number of nitro groups is 1. The number of carbonyl (C=O) groups is 3. The van der Waals surface area contributed by atoms with Gasteiger partial charge in [0.05, 0.1) is 18.1 Å². The van der Waals surface area contributed by atoms with Crippen LogP contribution in [0.4, 0.5) is 10.5 Å². The number of imide groups is 1. The number of benzene rings is 2. The van der Waals surface area contributed by atoms with E-state index in [1.165, 1.54) is 55.5 Å². The molecular formula is C20H17ClN2O6. The summed E-state index contributed by atoms with van der Waals surface area (Å²) in [6.07, 6.45) is -1.02. The second-order valence-electron chi connectivity index (χ2n) is 5.98. The fraction of sp³-hybridized carbons (Fsp3) is 0.150. The van der Waals surface area contributed by atoms with E-state index in [0.29, 0.717) is 5.02 Å². The standard InChI is InChI=1S/C20H17ClN2O6/c1-12(13(2)24)18(14-6-10-17(11-7-14)23(27)28)22(20(26)29-3)19(25)15-4-8-16(21)9-5-15/h4-11,18H,1H2,2-3H3. The third-order valence-corrected chi connectivity index (χ3v) is 4.39. The highest BCUT2D eigenvalue weighted by atomic mass is 35.5. The molecule has 0 aromatic heterocycles. The number of ether oxygens (including phenoxy) is 1. The van der Waals surface area contributed by atoms with E-state index in [-0.39, 0.29) is 22.4 Å². The third-order valence-electron chi connectivity index (χ3n) is 4.14. The zero-order valence-corrected chi connectivity index (χ0v) is 16.4. The molecule has 2 rings (SSSR count). The fourth-order valence-electron chi connectivity index (χ4n) is 2.61. The summed E-state index contributed by atoms with van der Waals surface area (Å²) in [4.78, 5) is 48.7. The maximum absolute atomic E-state index is 13.1. The zero-order chi connectivity index (χ0) is 21.7. The summed E-state index contributed by atoms with van der Waals surface area (Å²) < 4.78 is 4.75. The molecule has 0 aliphatic heterocycles. The van der Waals surface area contributed by atoms with Crippen LogP contribution in [-0.4, -0.2) is 34.7 Å². The van der Waals surface area contributed by atoms with Crippen molar-refractivity contribution in [3.63, 3.8) is 0 Å². The average Bonchev–Trinajstić information content (AvgIpc) is 2.71. The Balaban J connectivity index is 2.61. The lowest BCUT2D eigenvalue weighted by Gasteiger charge is -2.30. The topological polar surface area (TPSA) is 107 Å². The lowest BCUT2D eigenvalue weighted by Crippen LogP contribution is -2.41. The van der Waals surface area contributed by atoms with Crippen molar-refractivity contribution >= 4 is 35.1 Å². The molecule has 0 radical (unpaired) electrons. The summed E-state index contributed by atoms with van der Waals surface area (Å²) in [5, 5.41) is 11.3. The Morgan fingerprint density at radius 1 is 1.10 bits per heavy atom. The Hall–Kier alpha value is -3.52. The number of Topliss-reactive ketones (excluding diaryl/α,β-unsaturated/α-hetero) is 1. The van der Waals surface area contributed by atoms with Crippen molar-refractivity contribution in [3.05, 3.63) is 86.9 Å². The Kier molecular flexibility index (Phi) is 6.84. The number of nitro benzene ring substituents is 1. The molecule has 0 aliphatic carbocycles. The number of methoxy groups -OCH3 is 1. The smallest absolute Gasteiger partial charge is 0.417 e. The molecule has 8 nitrogen and oxygen atoms in total. The largest absolute Gasteiger partial charge is 0.452 e. The van der Waals surface area contributed by atoms with E-state index < -0.39 is 28.7 Å². The van der Waals surface area contributed by atoms with Crippen LogP contribution >= 0.6 is 11.6 Å². The number of ketones is 1. The molecule has 150 valence electrons. The van der Waals surface area contributed by atoms with Crippen molar-refractivity contribution in [2.24, 2.45) is 0 Å². The first kappa shape index (κ1) is 21.8. The number of hydrogen-bond acceptors (Lipinski definition) is 6. The van der Waals surface area contributed by atoms with Crippen LogP contribution in [0.15, 0.2) is 60.7 Å². The second-order valence-corrected chi connectivity index (χ2v) is 6.42. The van der Waals surface area contributed by atoms with Crippen LogP contribution in [0.3, 0.4) is 0 Å². The van der Waals surface area contributed by atoms with Gasteiger partial charge in [-0.1, -0.05) is 18.2 Å². The van der Waals surface area contributed by atoms with Crippen LogP contribution < -0.4 is 0 Å². The highest BCUT2D eigenvalue weighted by molar-refractivity contribution is 6.30. The van der Waals surface area contributed by atoms with Gasteiger partial charge in [0.1, 0.15) is 0 Å². The molecule has 29 heavy (non-hydrogen) atoms. The van der Waals surface area contributed by atoms with Gasteiger partial charge >= 0.3 is 6.09 Å². The quantitative estimate of drug-likeness (QED) is 0.393. The lowest BCUT2D eigenvalue weighted by molar-refractivity contribution is -0.384. The van der Waals surface area contributed by atoms with Crippen LogP contribution in [0.25, 0.3) is 0 Å². The second kappa shape index (κ2) is 9.11. The molecule has 2 aromatic carbocycles. The van der Waals surface area contributed by atoms with Crippen LogP contribution in [0, 0.1) is 10.1 Å². The minimum Gasteiger partial charge on any atom is -0.452 e. The molecule has 0 fully saturated rings. The molecule has 1 unspecified atom stereocenters. The van der Waals surface area contributed by atoms with E-state index in [1.807, 2.05) is 0 Å². The summed E-state index contributed by atoms with van der Waals surface area (Å²) in [5.74, 6) is -1.22. The molecule has 2 aromatic rings. The molecule has 0 aliphatic rings. The van der Waals surface area contributed by atoms with Gasteiger partial charge in [-0.05, 0) is 48.9 Å².